The van der Waals surface area contributed by atoms with E-state index in [1.807, 2.05) is 0 Å². The molecule has 3 aromatic rings. The first kappa shape index (κ1) is 18.0. The van der Waals surface area contributed by atoms with Gasteiger partial charge >= 0.3 is 12.4 Å². The van der Waals surface area contributed by atoms with Crippen molar-refractivity contribution in [2.45, 2.75) is 12.4 Å². The summed E-state index contributed by atoms with van der Waals surface area (Å²) in [6.07, 6.45) is -6.78. The molecule has 0 aliphatic heterocycles. The molecule has 1 aromatic heterocycles. The second-order valence-corrected chi connectivity index (χ2v) is 5.55. The maximum atomic E-state index is 13.2. The van der Waals surface area contributed by atoms with E-state index >= 15 is 0 Å². The number of pyridine rings is 1. The third-order valence-electron chi connectivity index (χ3n) is 3.83. The zero-order valence-electron chi connectivity index (χ0n) is 13.1. The molecule has 3 rings (SSSR count). The lowest BCUT2D eigenvalue weighted by atomic mass is 9.96. The van der Waals surface area contributed by atoms with Gasteiger partial charge in [0, 0.05) is 23.5 Å². The van der Waals surface area contributed by atoms with Crippen molar-refractivity contribution >= 4 is 0 Å². The molecule has 0 bridgehead atoms. The topological polar surface area (TPSA) is 12.9 Å². The van der Waals surface area contributed by atoms with E-state index in [9.17, 15) is 26.3 Å². The Kier molecular flexibility index (Phi) is 4.48. The normalized spacial score (nSPS) is 12.2. The van der Waals surface area contributed by atoms with Crippen molar-refractivity contribution in [3.05, 3.63) is 78.1 Å². The molecular formula is C19H11F6N. The Hall–Kier alpha value is -2.83. The Morgan fingerprint density at radius 3 is 1.35 bits per heavy atom. The Balaban J connectivity index is 2.16. The predicted molar refractivity (Wildman–Crippen MR) is 85.1 cm³/mol. The molecule has 0 fully saturated rings. The fourth-order valence-corrected chi connectivity index (χ4v) is 2.70. The van der Waals surface area contributed by atoms with E-state index in [1.165, 1.54) is 54.9 Å². The molecule has 0 spiro atoms. The summed E-state index contributed by atoms with van der Waals surface area (Å²) in [5.41, 5.74) is -1.84. The number of halogens is 6. The van der Waals surface area contributed by atoms with Crippen LogP contribution in [-0.2, 0) is 12.4 Å². The molecule has 0 aliphatic carbocycles. The summed E-state index contributed by atoms with van der Waals surface area (Å²) in [6, 6.07) is 11.0. The summed E-state index contributed by atoms with van der Waals surface area (Å²) in [6.45, 7) is 0. The smallest absolute Gasteiger partial charge is 0.263 e. The molecule has 0 unspecified atom stereocenters. The maximum Gasteiger partial charge on any atom is 0.417 e. The van der Waals surface area contributed by atoms with Gasteiger partial charge in [0.1, 0.15) is 0 Å². The summed E-state index contributed by atoms with van der Waals surface area (Å²) >= 11 is 0. The molecule has 0 saturated heterocycles. The number of hydrogen-bond donors (Lipinski definition) is 0. The van der Waals surface area contributed by atoms with Crippen LogP contribution in [-0.4, -0.2) is 4.98 Å². The average Bonchev–Trinajstić information content (AvgIpc) is 2.60. The Bertz CT molecular complexity index is 855. The summed E-state index contributed by atoms with van der Waals surface area (Å²) in [4.78, 5) is 3.85. The molecule has 1 nitrogen and oxygen atoms in total. The number of hydrogen-bond acceptors (Lipinski definition) is 1. The minimum Gasteiger partial charge on any atom is -0.263 e. The fraction of sp³-hybridized carbons (Fsp3) is 0.105. The van der Waals surface area contributed by atoms with Gasteiger partial charge in [-0.25, -0.2) is 0 Å². The Labute approximate surface area is 144 Å². The summed E-state index contributed by atoms with van der Waals surface area (Å²) in [5.74, 6) is 0. The molecular weight excluding hydrogens is 356 g/mol. The van der Waals surface area contributed by atoms with Gasteiger partial charge in [-0.2, -0.15) is 26.3 Å². The quantitative estimate of drug-likeness (QED) is 0.474. The lowest BCUT2D eigenvalue weighted by molar-refractivity contribution is -0.137. The highest BCUT2D eigenvalue weighted by Gasteiger charge is 2.34. The van der Waals surface area contributed by atoms with Gasteiger partial charge in [0.05, 0.1) is 11.1 Å². The SMILES string of the molecule is FC(F)(F)c1ccccc1-c1cncc(-c2ccccc2C(F)(F)F)c1. The highest BCUT2D eigenvalue weighted by Crippen LogP contribution is 2.40. The van der Waals surface area contributed by atoms with Crippen LogP contribution in [0.2, 0.25) is 0 Å². The summed E-state index contributed by atoms with van der Waals surface area (Å²) in [5, 5.41) is 0. The first-order chi connectivity index (χ1) is 12.2. The lowest BCUT2D eigenvalue weighted by Crippen LogP contribution is -2.08. The standard InChI is InChI=1S/C19H11F6N/c20-18(21,22)16-7-3-1-5-14(16)12-9-13(11-26-10-12)15-6-2-4-8-17(15)19(23,24)25/h1-11H. The van der Waals surface area contributed by atoms with Gasteiger partial charge in [-0.15, -0.1) is 0 Å². The lowest BCUT2D eigenvalue weighted by Gasteiger charge is -2.15. The van der Waals surface area contributed by atoms with Gasteiger partial charge in [-0.1, -0.05) is 36.4 Å². The van der Waals surface area contributed by atoms with Gasteiger partial charge in [0.25, 0.3) is 0 Å². The van der Waals surface area contributed by atoms with Crippen molar-refractivity contribution in [3.63, 3.8) is 0 Å². The molecule has 134 valence electrons. The molecule has 0 amide bonds. The van der Waals surface area contributed by atoms with Crippen molar-refractivity contribution in [1.29, 1.82) is 0 Å². The van der Waals surface area contributed by atoms with Crippen LogP contribution < -0.4 is 0 Å². The van der Waals surface area contributed by atoms with Crippen LogP contribution in [0.3, 0.4) is 0 Å². The monoisotopic (exact) mass is 367 g/mol. The predicted octanol–water partition coefficient (Wildman–Crippen LogP) is 6.45. The number of alkyl halides is 6. The molecule has 0 N–H and O–H groups in total. The van der Waals surface area contributed by atoms with E-state index in [1.54, 1.807) is 0 Å². The first-order valence-electron chi connectivity index (χ1n) is 7.46. The van der Waals surface area contributed by atoms with Crippen LogP contribution in [0.1, 0.15) is 11.1 Å². The minimum atomic E-state index is -4.59. The van der Waals surface area contributed by atoms with Crippen LogP contribution in [0.15, 0.2) is 67.0 Å². The van der Waals surface area contributed by atoms with Gasteiger partial charge in [0.15, 0.2) is 0 Å². The average molecular weight is 367 g/mol. The van der Waals surface area contributed by atoms with Gasteiger partial charge in [0.2, 0.25) is 0 Å². The maximum absolute atomic E-state index is 13.2. The number of nitrogens with zero attached hydrogens (tertiary/aromatic N) is 1. The van der Waals surface area contributed by atoms with Crippen molar-refractivity contribution < 1.29 is 26.3 Å². The van der Waals surface area contributed by atoms with E-state index < -0.39 is 23.5 Å². The van der Waals surface area contributed by atoms with Crippen LogP contribution in [0.4, 0.5) is 26.3 Å². The summed E-state index contributed by atoms with van der Waals surface area (Å²) in [7, 11) is 0. The van der Waals surface area contributed by atoms with E-state index in [0.717, 1.165) is 12.1 Å². The first-order valence-corrected chi connectivity index (χ1v) is 7.46. The molecule has 1 heterocycles. The number of rotatable bonds is 2. The van der Waals surface area contributed by atoms with Crippen LogP contribution >= 0.6 is 0 Å². The van der Waals surface area contributed by atoms with Crippen LogP contribution in [0.5, 0.6) is 0 Å². The van der Waals surface area contributed by atoms with E-state index in [4.69, 9.17) is 0 Å². The Morgan fingerprint density at radius 1 is 0.577 bits per heavy atom. The Morgan fingerprint density at radius 2 is 0.962 bits per heavy atom. The van der Waals surface area contributed by atoms with Gasteiger partial charge in [-0.3, -0.25) is 4.98 Å². The number of benzene rings is 2. The van der Waals surface area contributed by atoms with Crippen molar-refractivity contribution in [2.75, 3.05) is 0 Å². The molecule has 0 saturated carbocycles. The molecule has 26 heavy (non-hydrogen) atoms. The van der Waals surface area contributed by atoms with Crippen molar-refractivity contribution in [1.82, 2.24) is 4.98 Å². The van der Waals surface area contributed by atoms with Crippen molar-refractivity contribution in [2.24, 2.45) is 0 Å². The highest BCUT2D eigenvalue weighted by atomic mass is 19.4. The van der Waals surface area contributed by atoms with E-state index in [0.29, 0.717) is 0 Å². The molecule has 7 heteroatoms. The molecule has 0 radical (unpaired) electrons. The zero-order valence-corrected chi connectivity index (χ0v) is 13.1. The molecule has 2 aromatic carbocycles. The number of aromatic nitrogens is 1. The van der Waals surface area contributed by atoms with Gasteiger partial charge in [-0.05, 0) is 29.3 Å². The van der Waals surface area contributed by atoms with Crippen LogP contribution in [0.25, 0.3) is 22.3 Å². The van der Waals surface area contributed by atoms with E-state index in [-0.39, 0.29) is 22.3 Å². The van der Waals surface area contributed by atoms with Crippen molar-refractivity contribution in [3.8, 4) is 22.3 Å². The minimum absolute atomic E-state index is 0.0902. The largest absolute Gasteiger partial charge is 0.417 e. The third-order valence-corrected chi connectivity index (χ3v) is 3.83. The summed E-state index contributed by atoms with van der Waals surface area (Å²) < 4.78 is 79.3. The van der Waals surface area contributed by atoms with Gasteiger partial charge < -0.3 is 0 Å². The molecule has 0 atom stereocenters. The van der Waals surface area contributed by atoms with E-state index in [2.05, 4.69) is 4.98 Å². The zero-order chi connectivity index (χ0) is 18.9. The highest BCUT2D eigenvalue weighted by molar-refractivity contribution is 5.75. The second-order valence-electron chi connectivity index (χ2n) is 5.55. The fourth-order valence-electron chi connectivity index (χ4n) is 2.70. The third kappa shape index (κ3) is 3.56. The molecule has 0 aliphatic rings. The second kappa shape index (κ2) is 6.48. The van der Waals surface area contributed by atoms with Crippen LogP contribution in [0, 0.1) is 0 Å².